The highest BCUT2D eigenvalue weighted by Gasteiger charge is 2.13. The lowest BCUT2D eigenvalue weighted by atomic mass is 10.1. The van der Waals surface area contributed by atoms with E-state index < -0.39 is 34.4 Å². The van der Waals surface area contributed by atoms with Crippen molar-refractivity contribution in [3.05, 3.63) is 35.4 Å². The molecule has 0 aliphatic carbocycles. The molecule has 0 unspecified atom stereocenters. The van der Waals surface area contributed by atoms with Crippen LogP contribution in [0.4, 0.5) is 4.79 Å². The standard InChI is InChI=1S/C14H18N2O6S/c1-3-15-14(19)16-12(17)8-22-13(18)11-6-4-5-10(7-11)9-23(2,20)21/h4-7H,3,8-9H2,1-2H3,(H2,15,16,17,19). The number of nitrogens with one attached hydrogen (secondary N) is 2. The topological polar surface area (TPSA) is 119 Å². The zero-order chi connectivity index (χ0) is 17.5. The van der Waals surface area contributed by atoms with E-state index >= 15 is 0 Å². The number of carbonyl (C=O) groups is 3. The summed E-state index contributed by atoms with van der Waals surface area (Å²) < 4.78 is 27.3. The van der Waals surface area contributed by atoms with Gasteiger partial charge in [0.25, 0.3) is 5.91 Å². The Hall–Kier alpha value is -2.42. The SMILES string of the molecule is CCNC(=O)NC(=O)COC(=O)c1cccc(CS(C)(=O)=O)c1. The van der Waals surface area contributed by atoms with Gasteiger partial charge in [0.05, 0.1) is 11.3 Å². The molecule has 0 fully saturated rings. The number of ether oxygens (including phenoxy) is 1. The second kappa shape index (κ2) is 8.28. The molecule has 0 aliphatic heterocycles. The number of carbonyl (C=O) groups excluding carboxylic acids is 3. The molecule has 1 aromatic rings. The van der Waals surface area contributed by atoms with Crippen LogP contribution in [0, 0.1) is 0 Å². The molecule has 0 saturated carbocycles. The monoisotopic (exact) mass is 342 g/mol. The van der Waals surface area contributed by atoms with E-state index in [0.717, 1.165) is 6.26 Å². The summed E-state index contributed by atoms with van der Waals surface area (Å²) in [6, 6.07) is 5.23. The third-order valence-electron chi connectivity index (χ3n) is 2.52. The fourth-order valence-electron chi connectivity index (χ4n) is 1.67. The number of imide groups is 1. The van der Waals surface area contributed by atoms with E-state index in [9.17, 15) is 22.8 Å². The lowest BCUT2D eigenvalue weighted by Crippen LogP contribution is -2.41. The Morgan fingerprint density at radius 3 is 2.52 bits per heavy atom. The Balaban J connectivity index is 2.60. The zero-order valence-electron chi connectivity index (χ0n) is 12.8. The molecule has 1 aromatic carbocycles. The third-order valence-corrected chi connectivity index (χ3v) is 3.37. The summed E-state index contributed by atoms with van der Waals surface area (Å²) in [5, 5.41) is 4.34. The number of sulfone groups is 1. The first kappa shape index (κ1) is 18.6. The maximum Gasteiger partial charge on any atom is 0.338 e. The van der Waals surface area contributed by atoms with Gasteiger partial charge in [-0.2, -0.15) is 0 Å². The Morgan fingerprint density at radius 1 is 1.22 bits per heavy atom. The van der Waals surface area contributed by atoms with Crippen LogP contribution in [0.25, 0.3) is 0 Å². The van der Waals surface area contributed by atoms with Crippen molar-refractivity contribution in [1.82, 2.24) is 10.6 Å². The highest BCUT2D eigenvalue weighted by Crippen LogP contribution is 2.10. The third kappa shape index (κ3) is 7.41. The van der Waals surface area contributed by atoms with Crippen molar-refractivity contribution < 1.29 is 27.5 Å². The Kier molecular flexibility index (Phi) is 6.70. The first-order valence-corrected chi connectivity index (χ1v) is 8.79. The van der Waals surface area contributed by atoms with Crippen LogP contribution < -0.4 is 10.6 Å². The molecule has 1 rings (SSSR count). The lowest BCUT2D eigenvalue weighted by molar-refractivity contribution is -0.123. The van der Waals surface area contributed by atoms with Crippen LogP contribution in [0.1, 0.15) is 22.8 Å². The molecule has 126 valence electrons. The fourth-order valence-corrected chi connectivity index (χ4v) is 2.46. The average molecular weight is 342 g/mol. The number of hydrogen-bond acceptors (Lipinski definition) is 6. The lowest BCUT2D eigenvalue weighted by Gasteiger charge is -2.07. The highest BCUT2D eigenvalue weighted by atomic mass is 32.2. The summed E-state index contributed by atoms with van der Waals surface area (Å²) in [5.41, 5.74) is 0.561. The van der Waals surface area contributed by atoms with Crippen LogP contribution in [0.5, 0.6) is 0 Å². The maximum absolute atomic E-state index is 11.8. The first-order valence-electron chi connectivity index (χ1n) is 6.72. The number of benzene rings is 1. The highest BCUT2D eigenvalue weighted by molar-refractivity contribution is 7.89. The second-order valence-electron chi connectivity index (χ2n) is 4.75. The second-order valence-corrected chi connectivity index (χ2v) is 6.89. The average Bonchev–Trinajstić information content (AvgIpc) is 2.43. The van der Waals surface area contributed by atoms with Crippen molar-refractivity contribution >= 4 is 27.7 Å². The summed E-state index contributed by atoms with van der Waals surface area (Å²) >= 11 is 0. The van der Waals surface area contributed by atoms with Crippen LogP contribution >= 0.6 is 0 Å². The molecule has 0 bridgehead atoms. The largest absolute Gasteiger partial charge is 0.452 e. The molecule has 0 aliphatic rings. The van der Waals surface area contributed by atoms with Crippen molar-refractivity contribution in [2.75, 3.05) is 19.4 Å². The first-order chi connectivity index (χ1) is 10.7. The van der Waals surface area contributed by atoms with Crippen molar-refractivity contribution in [2.24, 2.45) is 0 Å². The molecule has 3 amide bonds. The van der Waals surface area contributed by atoms with Gasteiger partial charge in [-0.25, -0.2) is 18.0 Å². The molecule has 0 saturated heterocycles. The van der Waals surface area contributed by atoms with Gasteiger partial charge in [-0.05, 0) is 24.6 Å². The number of rotatable bonds is 6. The summed E-state index contributed by atoms with van der Waals surface area (Å²) in [7, 11) is -3.23. The van der Waals surface area contributed by atoms with Crippen LogP contribution in [0.15, 0.2) is 24.3 Å². The van der Waals surface area contributed by atoms with E-state index in [4.69, 9.17) is 4.74 Å². The molecule has 0 heterocycles. The van der Waals surface area contributed by atoms with E-state index in [1.807, 2.05) is 5.32 Å². The van der Waals surface area contributed by atoms with Crippen molar-refractivity contribution in [1.29, 1.82) is 0 Å². The quantitative estimate of drug-likeness (QED) is 0.715. The minimum absolute atomic E-state index is 0.122. The van der Waals surface area contributed by atoms with Crippen molar-refractivity contribution in [3.63, 3.8) is 0 Å². The van der Waals surface area contributed by atoms with Gasteiger partial charge in [-0.3, -0.25) is 10.1 Å². The molecule has 0 radical (unpaired) electrons. The molecule has 0 aromatic heterocycles. The molecule has 23 heavy (non-hydrogen) atoms. The van der Waals surface area contributed by atoms with Gasteiger partial charge >= 0.3 is 12.0 Å². The molecule has 2 N–H and O–H groups in total. The summed E-state index contributed by atoms with van der Waals surface area (Å²) in [4.78, 5) is 34.3. The maximum atomic E-state index is 11.8. The predicted molar refractivity (Wildman–Crippen MR) is 82.5 cm³/mol. The van der Waals surface area contributed by atoms with Gasteiger partial charge in [0.1, 0.15) is 0 Å². The van der Waals surface area contributed by atoms with E-state index in [0.29, 0.717) is 12.1 Å². The van der Waals surface area contributed by atoms with Gasteiger partial charge in [-0.15, -0.1) is 0 Å². The molecule has 0 spiro atoms. The van der Waals surface area contributed by atoms with Crippen LogP contribution in [0.3, 0.4) is 0 Å². The summed E-state index contributed by atoms with van der Waals surface area (Å²) in [6.45, 7) is 1.42. The summed E-state index contributed by atoms with van der Waals surface area (Å²) in [5.74, 6) is -1.76. The summed E-state index contributed by atoms with van der Waals surface area (Å²) in [6.07, 6.45) is 1.09. The van der Waals surface area contributed by atoms with E-state index in [1.54, 1.807) is 13.0 Å². The van der Waals surface area contributed by atoms with Gasteiger partial charge in [0.15, 0.2) is 16.4 Å². The Bertz CT molecular complexity index is 699. The normalized spacial score (nSPS) is 10.7. The molecule has 9 heteroatoms. The number of hydrogen-bond donors (Lipinski definition) is 2. The van der Waals surface area contributed by atoms with Crippen LogP contribution in [-0.4, -0.2) is 45.7 Å². The van der Waals surface area contributed by atoms with E-state index in [1.165, 1.54) is 18.2 Å². The van der Waals surface area contributed by atoms with Crippen LogP contribution in [-0.2, 0) is 25.1 Å². The van der Waals surface area contributed by atoms with Crippen molar-refractivity contribution in [2.45, 2.75) is 12.7 Å². The molecular formula is C14H18N2O6S. The van der Waals surface area contributed by atoms with Gasteiger partial charge in [0, 0.05) is 12.8 Å². The minimum Gasteiger partial charge on any atom is -0.452 e. The van der Waals surface area contributed by atoms with Gasteiger partial charge in [0.2, 0.25) is 0 Å². The van der Waals surface area contributed by atoms with Crippen molar-refractivity contribution in [3.8, 4) is 0 Å². The number of esters is 1. The van der Waals surface area contributed by atoms with Crippen LogP contribution in [0.2, 0.25) is 0 Å². The predicted octanol–water partition coefficient (Wildman–Crippen LogP) is 0.234. The van der Waals surface area contributed by atoms with E-state index in [-0.39, 0.29) is 11.3 Å². The Labute approximate surface area is 134 Å². The van der Waals surface area contributed by atoms with Gasteiger partial charge in [-0.1, -0.05) is 12.1 Å². The Morgan fingerprint density at radius 2 is 1.91 bits per heavy atom. The number of amides is 3. The number of urea groups is 1. The van der Waals surface area contributed by atoms with Gasteiger partial charge < -0.3 is 10.1 Å². The fraction of sp³-hybridized carbons (Fsp3) is 0.357. The minimum atomic E-state index is -3.23. The van der Waals surface area contributed by atoms with E-state index in [2.05, 4.69) is 5.32 Å². The molecular weight excluding hydrogens is 324 g/mol. The zero-order valence-corrected chi connectivity index (χ0v) is 13.6. The smallest absolute Gasteiger partial charge is 0.338 e. The molecule has 8 nitrogen and oxygen atoms in total. The molecule has 0 atom stereocenters.